The number of methoxy groups -OCH3 is 2. The van der Waals surface area contributed by atoms with Crippen LogP contribution >= 0.6 is 0 Å². The summed E-state index contributed by atoms with van der Waals surface area (Å²) in [5.41, 5.74) is 0. The van der Waals surface area contributed by atoms with Gasteiger partial charge in [0.05, 0.1) is 0 Å². The number of rotatable bonds is 3. The van der Waals surface area contributed by atoms with Crippen molar-refractivity contribution >= 4 is 10.8 Å². The molecule has 2 rings (SSSR count). The van der Waals surface area contributed by atoms with Crippen LogP contribution in [0.25, 0.3) is 10.8 Å². The number of hydrogen-bond donors (Lipinski definition) is 0. The van der Waals surface area contributed by atoms with Crippen molar-refractivity contribution < 1.29 is 9.47 Å². The van der Waals surface area contributed by atoms with E-state index in [4.69, 9.17) is 0 Å². The SMILES string of the molecule is CCCC.COCOC.c1ccc2ccccc2c1. The smallest absolute Gasteiger partial charge is 0.145 e. The maximum Gasteiger partial charge on any atom is 0.145 e. The molecule has 0 aromatic heterocycles. The minimum atomic E-state index is 0.389. The lowest BCUT2D eigenvalue weighted by Gasteiger charge is -1.92. The van der Waals surface area contributed by atoms with Crippen LogP contribution in [0.3, 0.4) is 0 Å². The van der Waals surface area contributed by atoms with Crippen LogP contribution in [0.5, 0.6) is 0 Å². The Bertz CT molecular complexity index is 343. The van der Waals surface area contributed by atoms with Gasteiger partial charge in [0.15, 0.2) is 0 Å². The van der Waals surface area contributed by atoms with Crippen LogP contribution in [0.2, 0.25) is 0 Å². The highest BCUT2D eigenvalue weighted by Crippen LogP contribution is 2.11. The van der Waals surface area contributed by atoms with Gasteiger partial charge < -0.3 is 9.47 Å². The molecule has 2 nitrogen and oxygen atoms in total. The van der Waals surface area contributed by atoms with Crippen LogP contribution in [0, 0.1) is 0 Å². The van der Waals surface area contributed by atoms with Crippen LogP contribution in [0.15, 0.2) is 48.5 Å². The van der Waals surface area contributed by atoms with Gasteiger partial charge in [-0.05, 0) is 10.8 Å². The number of fused-ring (bicyclic) bond motifs is 1. The van der Waals surface area contributed by atoms with Crippen molar-refractivity contribution in [2.75, 3.05) is 21.0 Å². The van der Waals surface area contributed by atoms with Crippen molar-refractivity contribution in [3.05, 3.63) is 48.5 Å². The lowest BCUT2D eigenvalue weighted by Crippen LogP contribution is -1.87. The highest BCUT2D eigenvalue weighted by atomic mass is 16.6. The number of unbranched alkanes of at least 4 members (excludes halogenated alkanes) is 1. The largest absolute Gasteiger partial charge is 0.359 e. The number of benzene rings is 2. The summed E-state index contributed by atoms with van der Waals surface area (Å²) in [4.78, 5) is 0. The molecule has 0 aliphatic rings. The van der Waals surface area contributed by atoms with Crippen LogP contribution in [0.4, 0.5) is 0 Å². The van der Waals surface area contributed by atoms with E-state index in [1.165, 1.54) is 23.6 Å². The number of ether oxygens (including phenoxy) is 2. The van der Waals surface area contributed by atoms with Crippen LogP contribution < -0.4 is 0 Å². The average molecular weight is 262 g/mol. The second-order valence-corrected chi connectivity index (χ2v) is 4.04. The van der Waals surface area contributed by atoms with Crippen molar-refractivity contribution in [2.24, 2.45) is 0 Å². The standard InChI is InChI=1S/C10H8.C4H10.C3H8O2/c1-2-6-10-8-4-3-7-9(10)5-1;1-3-4-2;1-4-3-5-2/h1-8H;3-4H2,1-2H3;3H2,1-2H3. The molecule has 2 aromatic rings. The van der Waals surface area contributed by atoms with Gasteiger partial charge in [0.1, 0.15) is 6.79 Å². The second kappa shape index (κ2) is 13.1. The molecule has 0 heterocycles. The molecule has 0 unspecified atom stereocenters. The molecule has 0 spiro atoms. The molecule has 0 fully saturated rings. The van der Waals surface area contributed by atoms with Gasteiger partial charge in [0.25, 0.3) is 0 Å². The van der Waals surface area contributed by atoms with E-state index in [2.05, 4.69) is 71.9 Å². The summed E-state index contributed by atoms with van der Waals surface area (Å²) in [5, 5.41) is 2.62. The quantitative estimate of drug-likeness (QED) is 0.734. The fourth-order valence-corrected chi connectivity index (χ4v) is 1.25. The summed E-state index contributed by atoms with van der Waals surface area (Å²) < 4.78 is 8.94. The minimum absolute atomic E-state index is 0.389. The molecule has 19 heavy (non-hydrogen) atoms. The predicted molar refractivity (Wildman–Crippen MR) is 83.4 cm³/mol. The van der Waals surface area contributed by atoms with Crippen molar-refractivity contribution in [3.8, 4) is 0 Å². The topological polar surface area (TPSA) is 18.5 Å². The Labute approximate surface area is 117 Å². The zero-order chi connectivity index (χ0) is 14.3. The van der Waals surface area contributed by atoms with E-state index in [1.807, 2.05) is 0 Å². The van der Waals surface area contributed by atoms with Gasteiger partial charge in [-0.1, -0.05) is 75.2 Å². The first-order valence-corrected chi connectivity index (χ1v) is 6.71. The summed E-state index contributed by atoms with van der Waals surface area (Å²) >= 11 is 0. The maximum absolute atomic E-state index is 4.47. The van der Waals surface area contributed by atoms with E-state index in [0.717, 1.165) is 0 Å². The third-order valence-electron chi connectivity index (χ3n) is 2.39. The molecule has 0 bridgehead atoms. The van der Waals surface area contributed by atoms with Crippen molar-refractivity contribution in [3.63, 3.8) is 0 Å². The molecule has 0 saturated heterocycles. The molecule has 0 N–H and O–H groups in total. The van der Waals surface area contributed by atoms with Gasteiger partial charge in [-0.3, -0.25) is 0 Å². The first-order chi connectivity index (χ1) is 9.29. The molecule has 0 aliphatic heterocycles. The third-order valence-corrected chi connectivity index (χ3v) is 2.39. The lowest BCUT2D eigenvalue weighted by molar-refractivity contribution is -0.00271. The first-order valence-electron chi connectivity index (χ1n) is 6.71. The van der Waals surface area contributed by atoms with E-state index in [9.17, 15) is 0 Å². The van der Waals surface area contributed by atoms with Gasteiger partial charge in [-0.2, -0.15) is 0 Å². The maximum atomic E-state index is 4.47. The summed E-state index contributed by atoms with van der Waals surface area (Å²) in [6.07, 6.45) is 2.64. The summed E-state index contributed by atoms with van der Waals surface area (Å²) in [7, 11) is 3.17. The van der Waals surface area contributed by atoms with E-state index >= 15 is 0 Å². The van der Waals surface area contributed by atoms with Crippen molar-refractivity contribution in [1.82, 2.24) is 0 Å². The first kappa shape index (κ1) is 17.6. The Kier molecular flexibility index (Phi) is 12.1. The summed E-state index contributed by atoms with van der Waals surface area (Å²) in [6.45, 7) is 4.75. The van der Waals surface area contributed by atoms with E-state index in [-0.39, 0.29) is 0 Å². The monoisotopic (exact) mass is 262 g/mol. The van der Waals surface area contributed by atoms with E-state index < -0.39 is 0 Å². The fourth-order valence-electron chi connectivity index (χ4n) is 1.25. The molecule has 0 saturated carbocycles. The zero-order valence-electron chi connectivity index (χ0n) is 12.6. The van der Waals surface area contributed by atoms with Crippen molar-refractivity contribution in [2.45, 2.75) is 26.7 Å². The molecule has 2 aromatic carbocycles. The Balaban J connectivity index is 0.000000307. The average Bonchev–Trinajstić information content (AvgIpc) is 2.49. The highest BCUT2D eigenvalue weighted by Gasteiger charge is 1.85. The van der Waals surface area contributed by atoms with Crippen LogP contribution in [-0.4, -0.2) is 21.0 Å². The van der Waals surface area contributed by atoms with Gasteiger partial charge >= 0.3 is 0 Å². The highest BCUT2D eigenvalue weighted by molar-refractivity contribution is 5.81. The molecule has 2 heteroatoms. The molecule has 0 aliphatic carbocycles. The Morgan fingerprint density at radius 3 is 1.16 bits per heavy atom. The third kappa shape index (κ3) is 9.23. The normalized spacial score (nSPS) is 9.05. The van der Waals surface area contributed by atoms with Crippen LogP contribution in [0.1, 0.15) is 26.7 Å². The Hall–Kier alpha value is -1.38. The Morgan fingerprint density at radius 1 is 0.684 bits per heavy atom. The van der Waals surface area contributed by atoms with Gasteiger partial charge in [0, 0.05) is 14.2 Å². The van der Waals surface area contributed by atoms with Crippen molar-refractivity contribution in [1.29, 1.82) is 0 Å². The summed E-state index contributed by atoms with van der Waals surface area (Å²) in [5.74, 6) is 0. The molecule has 106 valence electrons. The number of hydrogen-bond acceptors (Lipinski definition) is 2. The lowest BCUT2D eigenvalue weighted by atomic mass is 10.1. The molecule has 0 amide bonds. The minimum Gasteiger partial charge on any atom is -0.359 e. The van der Waals surface area contributed by atoms with Gasteiger partial charge in [-0.25, -0.2) is 0 Å². The molecular formula is C17H26O2. The molecular weight excluding hydrogens is 236 g/mol. The van der Waals surface area contributed by atoms with Gasteiger partial charge in [0.2, 0.25) is 0 Å². The Morgan fingerprint density at radius 2 is 1.00 bits per heavy atom. The summed E-state index contributed by atoms with van der Waals surface area (Å²) in [6, 6.07) is 16.7. The van der Waals surface area contributed by atoms with Gasteiger partial charge in [-0.15, -0.1) is 0 Å². The predicted octanol–water partition coefficient (Wildman–Crippen LogP) is 4.88. The van der Waals surface area contributed by atoms with E-state index in [0.29, 0.717) is 6.79 Å². The second-order valence-electron chi connectivity index (χ2n) is 4.04. The molecule has 0 atom stereocenters. The zero-order valence-corrected chi connectivity index (χ0v) is 12.6. The van der Waals surface area contributed by atoms with E-state index in [1.54, 1.807) is 14.2 Å². The fraction of sp³-hybridized carbons (Fsp3) is 0.412. The molecule has 0 radical (unpaired) electrons. The van der Waals surface area contributed by atoms with Crippen LogP contribution in [-0.2, 0) is 9.47 Å².